The summed E-state index contributed by atoms with van der Waals surface area (Å²) in [6.45, 7) is 1.66. The van der Waals surface area contributed by atoms with Gasteiger partial charge in [0.1, 0.15) is 0 Å². The van der Waals surface area contributed by atoms with Gasteiger partial charge in [0.15, 0.2) is 0 Å². The van der Waals surface area contributed by atoms with Crippen molar-refractivity contribution in [2.75, 3.05) is 32.2 Å². The van der Waals surface area contributed by atoms with Crippen LogP contribution in [-0.4, -0.2) is 27.3 Å². The highest BCUT2D eigenvalue weighted by Crippen LogP contribution is 2.18. The Morgan fingerprint density at radius 3 is 2.85 bits per heavy atom. The Morgan fingerprint density at radius 1 is 1.46 bits per heavy atom. The van der Waals surface area contributed by atoms with E-state index >= 15 is 0 Å². The van der Waals surface area contributed by atoms with E-state index in [0.717, 1.165) is 17.6 Å². The van der Waals surface area contributed by atoms with Gasteiger partial charge in [0.2, 0.25) is 0 Å². The normalized spacial score (nSPS) is 10.1. The van der Waals surface area contributed by atoms with Crippen LogP contribution in [0, 0.1) is 0 Å². The molecule has 0 heterocycles. The second-order valence-electron chi connectivity index (χ2n) is 2.89. The van der Waals surface area contributed by atoms with Gasteiger partial charge in [-0.25, -0.2) is 0 Å². The SMILES string of the molecule is COCCN(C)c1cccc(Br)c1. The maximum atomic E-state index is 5.01. The highest BCUT2D eigenvalue weighted by Gasteiger charge is 1.99. The predicted molar refractivity (Wildman–Crippen MR) is 59.3 cm³/mol. The fraction of sp³-hybridized carbons (Fsp3) is 0.400. The molecule has 0 aliphatic heterocycles. The average Bonchev–Trinajstić information content (AvgIpc) is 2.14. The van der Waals surface area contributed by atoms with Crippen LogP contribution in [0.4, 0.5) is 5.69 Å². The van der Waals surface area contributed by atoms with Crippen molar-refractivity contribution in [3.63, 3.8) is 0 Å². The van der Waals surface area contributed by atoms with Crippen LogP contribution in [0.3, 0.4) is 0 Å². The summed E-state index contributed by atoms with van der Waals surface area (Å²) in [5, 5.41) is 0. The summed E-state index contributed by atoms with van der Waals surface area (Å²) in [6.07, 6.45) is 0. The molecule has 0 unspecified atom stereocenters. The van der Waals surface area contributed by atoms with Crippen molar-refractivity contribution < 1.29 is 4.74 Å². The van der Waals surface area contributed by atoms with Gasteiger partial charge < -0.3 is 9.64 Å². The third kappa shape index (κ3) is 3.36. The second kappa shape index (κ2) is 5.25. The highest BCUT2D eigenvalue weighted by molar-refractivity contribution is 9.10. The molecule has 2 nitrogen and oxygen atoms in total. The first-order valence-corrected chi connectivity index (χ1v) is 4.99. The molecule has 0 aliphatic carbocycles. The van der Waals surface area contributed by atoms with Gasteiger partial charge in [-0.15, -0.1) is 0 Å². The van der Waals surface area contributed by atoms with E-state index in [1.807, 2.05) is 12.1 Å². The molecule has 13 heavy (non-hydrogen) atoms. The van der Waals surface area contributed by atoms with Crippen LogP contribution in [0.2, 0.25) is 0 Å². The van der Waals surface area contributed by atoms with Crippen molar-refractivity contribution in [3.8, 4) is 0 Å². The second-order valence-corrected chi connectivity index (χ2v) is 3.81. The van der Waals surface area contributed by atoms with Crippen molar-refractivity contribution in [1.82, 2.24) is 0 Å². The lowest BCUT2D eigenvalue weighted by Gasteiger charge is -2.18. The van der Waals surface area contributed by atoms with E-state index in [2.05, 4.69) is 40.0 Å². The summed E-state index contributed by atoms with van der Waals surface area (Å²) >= 11 is 3.44. The van der Waals surface area contributed by atoms with Gasteiger partial charge in [-0.1, -0.05) is 22.0 Å². The van der Waals surface area contributed by atoms with E-state index < -0.39 is 0 Å². The monoisotopic (exact) mass is 243 g/mol. The Kier molecular flexibility index (Phi) is 4.25. The quantitative estimate of drug-likeness (QED) is 0.806. The van der Waals surface area contributed by atoms with Gasteiger partial charge in [-0.2, -0.15) is 0 Å². The number of likely N-dealkylation sites (N-methyl/N-ethyl adjacent to an activating group) is 1. The zero-order chi connectivity index (χ0) is 9.68. The first-order chi connectivity index (χ1) is 6.24. The number of methoxy groups -OCH3 is 1. The van der Waals surface area contributed by atoms with E-state index in [4.69, 9.17) is 4.74 Å². The van der Waals surface area contributed by atoms with Crippen LogP contribution in [0.25, 0.3) is 0 Å². The van der Waals surface area contributed by atoms with Crippen molar-refractivity contribution in [1.29, 1.82) is 0 Å². The maximum absolute atomic E-state index is 5.01. The van der Waals surface area contributed by atoms with Crippen LogP contribution in [0.1, 0.15) is 0 Å². The Hall–Kier alpha value is -0.540. The Morgan fingerprint density at radius 2 is 2.23 bits per heavy atom. The molecule has 0 bridgehead atoms. The molecule has 0 N–H and O–H groups in total. The summed E-state index contributed by atoms with van der Waals surface area (Å²) in [6, 6.07) is 8.23. The van der Waals surface area contributed by atoms with Crippen molar-refractivity contribution in [3.05, 3.63) is 28.7 Å². The number of halogens is 1. The van der Waals surface area contributed by atoms with Gasteiger partial charge in [-0.05, 0) is 18.2 Å². The summed E-state index contributed by atoms with van der Waals surface area (Å²) in [4.78, 5) is 2.16. The minimum absolute atomic E-state index is 0.753. The molecule has 0 radical (unpaired) electrons. The average molecular weight is 244 g/mol. The zero-order valence-electron chi connectivity index (χ0n) is 7.96. The Bertz CT molecular complexity index is 265. The number of benzene rings is 1. The predicted octanol–water partition coefficient (Wildman–Crippen LogP) is 2.53. The highest BCUT2D eigenvalue weighted by atomic mass is 79.9. The molecular formula is C10H14BrNO. The van der Waals surface area contributed by atoms with E-state index in [9.17, 15) is 0 Å². The molecule has 1 rings (SSSR count). The molecular weight excluding hydrogens is 230 g/mol. The van der Waals surface area contributed by atoms with Gasteiger partial charge >= 0.3 is 0 Å². The number of nitrogens with zero attached hydrogens (tertiary/aromatic N) is 1. The minimum atomic E-state index is 0.753. The molecule has 0 aromatic heterocycles. The van der Waals surface area contributed by atoms with Gasteiger partial charge in [-0.3, -0.25) is 0 Å². The fourth-order valence-corrected chi connectivity index (χ4v) is 1.46. The van der Waals surface area contributed by atoms with Gasteiger partial charge in [0, 0.05) is 30.9 Å². The molecule has 0 atom stereocenters. The zero-order valence-corrected chi connectivity index (χ0v) is 9.54. The van der Waals surface area contributed by atoms with E-state index in [1.165, 1.54) is 5.69 Å². The topological polar surface area (TPSA) is 12.5 Å². The van der Waals surface area contributed by atoms with Crippen LogP contribution in [-0.2, 0) is 4.74 Å². The smallest absolute Gasteiger partial charge is 0.0637 e. The lowest BCUT2D eigenvalue weighted by Crippen LogP contribution is -2.21. The molecule has 72 valence electrons. The summed E-state index contributed by atoms with van der Waals surface area (Å²) < 4.78 is 6.12. The van der Waals surface area contributed by atoms with Gasteiger partial charge in [0.05, 0.1) is 6.61 Å². The van der Waals surface area contributed by atoms with Crippen molar-refractivity contribution in [2.45, 2.75) is 0 Å². The van der Waals surface area contributed by atoms with Crippen molar-refractivity contribution >= 4 is 21.6 Å². The first kappa shape index (κ1) is 10.5. The van der Waals surface area contributed by atoms with Crippen LogP contribution < -0.4 is 4.90 Å². The van der Waals surface area contributed by atoms with Crippen molar-refractivity contribution in [2.24, 2.45) is 0 Å². The van der Waals surface area contributed by atoms with Gasteiger partial charge in [0.25, 0.3) is 0 Å². The Labute approximate surface area is 87.6 Å². The number of ether oxygens (including phenoxy) is 1. The molecule has 1 aromatic carbocycles. The molecule has 0 saturated heterocycles. The first-order valence-electron chi connectivity index (χ1n) is 4.19. The van der Waals surface area contributed by atoms with E-state index in [-0.39, 0.29) is 0 Å². The summed E-state index contributed by atoms with van der Waals surface area (Å²) in [7, 11) is 3.77. The third-order valence-corrected chi connectivity index (χ3v) is 2.37. The fourth-order valence-electron chi connectivity index (χ4n) is 1.07. The largest absolute Gasteiger partial charge is 0.383 e. The summed E-state index contributed by atoms with van der Waals surface area (Å²) in [5.74, 6) is 0. The number of hydrogen-bond acceptors (Lipinski definition) is 2. The molecule has 0 saturated carbocycles. The molecule has 3 heteroatoms. The standard InChI is InChI=1S/C10H14BrNO/c1-12(6-7-13-2)10-5-3-4-9(11)8-10/h3-5,8H,6-7H2,1-2H3. The lowest BCUT2D eigenvalue weighted by molar-refractivity contribution is 0.206. The number of anilines is 1. The molecule has 1 aromatic rings. The molecule has 0 amide bonds. The van der Waals surface area contributed by atoms with Crippen LogP contribution >= 0.6 is 15.9 Å². The minimum Gasteiger partial charge on any atom is -0.383 e. The molecule has 0 fully saturated rings. The third-order valence-electron chi connectivity index (χ3n) is 1.88. The Balaban J connectivity index is 2.60. The van der Waals surface area contributed by atoms with E-state index in [1.54, 1.807) is 7.11 Å². The summed E-state index contributed by atoms with van der Waals surface area (Å²) in [5.41, 5.74) is 1.20. The molecule has 0 spiro atoms. The maximum Gasteiger partial charge on any atom is 0.0637 e. The lowest BCUT2D eigenvalue weighted by atomic mass is 10.3. The van der Waals surface area contributed by atoms with E-state index in [0.29, 0.717) is 0 Å². The number of hydrogen-bond donors (Lipinski definition) is 0. The van der Waals surface area contributed by atoms with Crippen LogP contribution in [0.15, 0.2) is 28.7 Å². The molecule has 0 aliphatic rings. The number of rotatable bonds is 4. The van der Waals surface area contributed by atoms with Crippen LogP contribution in [0.5, 0.6) is 0 Å².